The number of nitrogens with one attached hydrogen (secondary N) is 1. The van der Waals surface area contributed by atoms with Crippen molar-refractivity contribution in [2.45, 2.75) is 39.0 Å². The Balaban J connectivity index is 1.89. The van der Waals surface area contributed by atoms with Gasteiger partial charge in [0.05, 0.1) is 11.8 Å². The van der Waals surface area contributed by atoms with E-state index < -0.39 is 6.10 Å². The molecule has 0 aliphatic carbocycles. The fourth-order valence-electron chi connectivity index (χ4n) is 2.38. The highest BCUT2D eigenvalue weighted by Gasteiger charge is 2.15. The zero-order valence-corrected chi connectivity index (χ0v) is 13.4. The molecule has 1 aromatic carbocycles. The van der Waals surface area contributed by atoms with Gasteiger partial charge in [0.1, 0.15) is 5.15 Å². The number of hydrogen-bond acceptors (Lipinski definition) is 3. The maximum absolute atomic E-state index is 10.2. The molecule has 21 heavy (non-hydrogen) atoms. The third-order valence-electron chi connectivity index (χ3n) is 3.66. The van der Waals surface area contributed by atoms with E-state index in [0.29, 0.717) is 18.1 Å². The van der Waals surface area contributed by atoms with Crippen molar-refractivity contribution in [1.29, 1.82) is 0 Å². The first-order chi connectivity index (χ1) is 9.99. The lowest BCUT2D eigenvalue weighted by atomic mass is 10.0. The van der Waals surface area contributed by atoms with Gasteiger partial charge in [0.15, 0.2) is 0 Å². The number of benzene rings is 1. The molecular formula is C16H22ClN3O. The van der Waals surface area contributed by atoms with Crippen molar-refractivity contribution in [2.24, 2.45) is 7.05 Å². The minimum atomic E-state index is -0.459. The van der Waals surface area contributed by atoms with Gasteiger partial charge >= 0.3 is 0 Å². The van der Waals surface area contributed by atoms with Crippen LogP contribution in [-0.4, -0.2) is 20.9 Å². The van der Waals surface area contributed by atoms with Crippen LogP contribution in [-0.2, 0) is 13.6 Å². The minimum absolute atomic E-state index is 0.177. The van der Waals surface area contributed by atoms with Gasteiger partial charge in [0.2, 0.25) is 0 Å². The topological polar surface area (TPSA) is 50.1 Å². The SMILES string of the molecule is Cc1nn(C)c(Cl)c1CNC(C)CC(O)c1ccccc1. The lowest BCUT2D eigenvalue weighted by molar-refractivity contribution is 0.154. The van der Waals surface area contributed by atoms with Gasteiger partial charge in [-0.05, 0) is 25.8 Å². The Hall–Kier alpha value is -1.36. The number of aliphatic hydroxyl groups excluding tert-OH is 1. The summed E-state index contributed by atoms with van der Waals surface area (Å²) >= 11 is 6.21. The van der Waals surface area contributed by atoms with Crippen LogP contribution in [0, 0.1) is 6.92 Å². The summed E-state index contributed by atoms with van der Waals surface area (Å²) in [4.78, 5) is 0. The highest BCUT2D eigenvalue weighted by atomic mass is 35.5. The summed E-state index contributed by atoms with van der Waals surface area (Å²) in [6.07, 6.45) is 0.195. The van der Waals surface area contributed by atoms with Crippen LogP contribution in [0.5, 0.6) is 0 Å². The van der Waals surface area contributed by atoms with E-state index in [1.807, 2.05) is 44.3 Å². The number of hydrogen-bond donors (Lipinski definition) is 2. The molecule has 2 N–H and O–H groups in total. The normalized spacial score (nSPS) is 14.1. The number of aliphatic hydroxyl groups is 1. The number of halogens is 1. The van der Waals surface area contributed by atoms with Crippen LogP contribution in [0.1, 0.15) is 36.3 Å². The average molecular weight is 308 g/mol. The number of aromatic nitrogens is 2. The first-order valence-corrected chi connectivity index (χ1v) is 7.51. The van der Waals surface area contributed by atoms with Crippen LogP contribution in [0.3, 0.4) is 0 Å². The molecule has 1 aromatic heterocycles. The second-order valence-corrected chi connectivity index (χ2v) is 5.78. The first-order valence-electron chi connectivity index (χ1n) is 7.13. The van der Waals surface area contributed by atoms with Crippen LogP contribution < -0.4 is 5.32 Å². The molecule has 0 saturated heterocycles. The lowest BCUT2D eigenvalue weighted by Crippen LogP contribution is -2.27. The van der Waals surface area contributed by atoms with E-state index in [-0.39, 0.29) is 6.04 Å². The van der Waals surface area contributed by atoms with Crippen molar-refractivity contribution in [3.05, 3.63) is 52.3 Å². The smallest absolute Gasteiger partial charge is 0.131 e. The zero-order chi connectivity index (χ0) is 15.4. The second kappa shape index (κ2) is 7.07. The van der Waals surface area contributed by atoms with Crippen LogP contribution in [0.25, 0.3) is 0 Å². The molecule has 0 radical (unpaired) electrons. The molecule has 0 amide bonds. The molecule has 5 heteroatoms. The molecule has 0 bridgehead atoms. The maximum Gasteiger partial charge on any atom is 0.131 e. The highest BCUT2D eigenvalue weighted by molar-refractivity contribution is 6.30. The molecule has 2 atom stereocenters. The van der Waals surface area contributed by atoms with Crippen LogP contribution in [0.4, 0.5) is 0 Å². The van der Waals surface area contributed by atoms with Gasteiger partial charge in [-0.2, -0.15) is 5.10 Å². The third-order valence-corrected chi connectivity index (χ3v) is 4.13. The summed E-state index contributed by atoms with van der Waals surface area (Å²) in [5.41, 5.74) is 2.90. The quantitative estimate of drug-likeness (QED) is 0.862. The Labute approximate surface area is 130 Å². The molecule has 0 aliphatic heterocycles. The van der Waals surface area contributed by atoms with Crippen molar-refractivity contribution >= 4 is 11.6 Å². The molecule has 0 aliphatic rings. The van der Waals surface area contributed by atoms with E-state index in [2.05, 4.69) is 17.3 Å². The van der Waals surface area contributed by atoms with Crippen LogP contribution in [0.15, 0.2) is 30.3 Å². The summed E-state index contributed by atoms with van der Waals surface area (Å²) in [7, 11) is 1.83. The molecule has 114 valence electrons. The van der Waals surface area contributed by atoms with Gasteiger partial charge in [-0.15, -0.1) is 0 Å². The van der Waals surface area contributed by atoms with Gasteiger partial charge in [-0.3, -0.25) is 4.68 Å². The Morgan fingerprint density at radius 2 is 2.00 bits per heavy atom. The molecule has 1 heterocycles. The second-order valence-electron chi connectivity index (χ2n) is 5.42. The molecular weight excluding hydrogens is 286 g/mol. The number of nitrogens with zero attached hydrogens (tertiary/aromatic N) is 2. The van der Waals surface area contributed by atoms with Crippen molar-refractivity contribution in [1.82, 2.24) is 15.1 Å². The Morgan fingerprint density at radius 3 is 2.57 bits per heavy atom. The third kappa shape index (κ3) is 4.06. The molecule has 2 rings (SSSR count). The predicted molar refractivity (Wildman–Crippen MR) is 85.3 cm³/mol. The first kappa shape index (κ1) is 16.0. The zero-order valence-electron chi connectivity index (χ0n) is 12.7. The van der Waals surface area contributed by atoms with E-state index in [9.17, 15) is 5.11 Å². The summed E-state index contributed by atoms with van der Waals surface area (Å²) in [5.74, 6) is 0. The molecule has 0 fully saturated rings. The Morgan fingerprint density at radius 1 is 1.33 bits per heavy atom. The van der Waals surface area contributed by atoms with Crippen LogP contribution >= 0.6 is 11.6 Å². The molecule has 2 aromatic rings. The largest absolute Gasteiger partial charge is 0.388 e. The van der Waals surface area contributed by atoms with E-state index in [0.717, 1.165) is 16.8 Å². The number of aryl methyl sites for hydroxylation is 2. The maximum atomic E-state index is 10.2. The summed E-state index contributed by atoms with van der Waals surface area (Å²) in [6, 6.07) is 9.89. The summed E-state index contributed by atoms with van der Waals surface area (Å²) in [5, 5.41) is 18.6. The fourth-order valence-corrected chi connectivity index (χ4v) is 2.62. The predicted octanol–water partition coefficient (Wildman–Crippen LogP) is 2.98. The summed E-state index contributed by atoms with van der Waals surface area (Å²) < 4.78 is 1.68. The van der Waals surface area contributed by atoms with E-state index in [1.165, 1.54) is 0 Å². The van der Waals surface area contributed by atoms with Gasteiger partial charge in [0.25, 0.3) is 0 Å². The van der Waals surface area contributed by atoms with E-state index in [1.54, 1.807) is 4.68 Å². The van der Waals surface area contributed by atoms with Gasteiger partial charge in [-0.25, -0.2) is 0 Å². The van der Waals surface area contributed by atoms with Crippen molar-refractivity contribution in [3.8, 4) is 0 Å². The highest BCUT2D eigenvalue weighted by Crippen LogP contribution is 2.20. The van der Waals surface area contributed by atoms with Gasteiger partial charge < -0.3 is 10.4 Å². The summed E-state index contributed by atoms with van der Waals surface area (Å²) in [6.45, 7) is 4.67. The molecule has 4 nitrogen and oxygen atoms in total. The van der Waals surface area contributed by atoms with Crippen LogP contribution in [0.2, 0.25) is 5.15 Å². The van der Waals surface area contributed by atoms with Crippen molar-refractivity contribution in [2.75, 3.05) is 0 Å². The van der Waals surface area contributed by atoms with Gasteiger partial charge in [0, 0.05) is 25.2 Å². The average Bonchev–Trinajstić information content (AvgIpc) is 2.71. The van der Waals surface area contributed by atoms with Gasteiger partial charge in [-0.1, -0.05) is 41.9 Å². The molecule has 0 spiro atoms. The standard InChI is InChI=1S/C16H22ClN3O/c1-11(9-15(21)13-7-5-4-6-8-13)18-10-14-12(2)19-20(3)16(14)17/h4-8,11,15,18,21H,9-10H2,1-3H3. The Kier molecular flexibility index (Phi) is 5.39. The lowest BCUT2D eigenvalue weighted by Gasteiger charge is -2.18. The monoisotopic (exact) mass is 307 g/mol. The minimum Gasteiger partial charge on any atom is -0.388 e. The number of rotatable bonds is 6. The van der Waals surface area contributed by atoms with E-state index in [4.69, 9.17) is 11.6 Å². The van der Waals surface area contributed by atoms with Crippen molar-refractivity contribution in [3.63, 3.8) is 0 Å². The fraction of sp³-hybridized carbons (Fsp3) is 0.438. The molecule has 0 saturated carbocycles. The molecule has 2 unspecified atom stereocenters. The van der Waals surface area contributed by atoms with E-state index >= 15 is 0 Å². The van der Waals surface area contributed by atoms with Crippen molar-refractivity contribution < 1.29 is 5.11 Å². The Bertz CT molecular complexity index is 583.